The van der Waals surface area contributed by atoms with Gasteiger partial charge in [-0.1, -0.05) is 395 Å². The van der Waals surface area contributed by atoms with Crippen molar-refractivity contribution in [2.24, 2.45) is 11.8 Å². The molecule has 17 nitrogen and oxygen atoms in total. The summed E-state index contributed by atoms with van der Waals surface area (Å²) in [4.78, 5) is 73.1. The zero-order valence-electron chi connectivity index (χ0n) is 67.6. The molecule has 3 unspecified atom stereocenters. The number of phosphoric ester groups is 2. The highest BCUT2D eigenvalue weighted by Crippen LogP contribution is 2.45. The Balaban J connectivity index is 5.24. The fourth-order valence-corrected chi connectivity index (χ4v) is 14.6. The Bertz CT molecular complexity index is 1980. The van der Waals surface area contributed by atoms with Crippen molar-refractivity contribution in [1.82, 2.24) is 0 Å². The molecule has 0 radical (unpaired) electrons. The summed E-state index contributed by atoms with van der Waals surface area (Å²) in [5.74, 6) is -0.488. The van der Waals surface area contributed by atoms with E-state index in [9.17, 15) is 43.2 Å². The zero-order valence-corrected chi connectivity index (χ0v) is 69.4. The summed E-state index contributed by atoms with van der Waals surface area (Å²) in [6, 6.07) is 0. The first-order valence-electron chi connectivity index (χ1n) is 43.5. The van der Waals surface area contributed by atoms with Crippen molar-refractivity contribution in [3.8, 4) is 0 Å². The average Bonchev–Trinajstić information content (AvgIpc) is 0.939. The van der Waals surface area contributed by atoms with Crippen LogP contribution in [0.3, 0.4) is 0 Å². The van der Waals surface area contributed by atoms with Crippen LogP contribution in [0.4, 0.5) is 0 Å². The molecule has 0 aromatic carbocycles. The van der Waals surface area contributed by atoms with Crippen molar-refractivity contribution in [2.45, 2.75) is 464 Å². The van der Waals surface area contributed by atoms with Gasteiger partial charge in [-0.25, -0.2) is 9.13 Å². The van der Waals surface area contributed by atoms with Gasteiger partial charge in [0, 0.05) is 25.7 Å². The molecule has 0 heterocycles. The first kappa shape index (κ1) is 101. The van der Waals surface area contributed by atoms with E-state index >= 15 is 0 Å². The molecule has 0 aliphatic heterocycles. The molecule has 0 aliphatic carbocycles. The summed E-state index contributed by atoms with van der Waals surface area (Å²) in [5.41, 5.74) is 0. The highest BCUT2D eigenvalue weighted by Gasteiger charge is 2.30. The van der Waals surface area contributed by atoms with Crippen LogP contribution in [0.1, 0.15) is 446 Å². The van der Waals surface area contributed by atoms with Crippen LogP contribution in [-0.2, 0) is 65.4 Å². The molecule has 612 valence electrons. The first-order valence-corrected chi connectivity index (χ1v) is 46.5. The topological polar surface area (TPSA) is 237 Å². The quantitative estimate of drug-likeness (QED) is 0.0222. The van der Waals surface area contributed by atoms with Gasteiger partial charge in [0.1, 0.15) is 19.3 Å². The lowest BCUT2D eigenvalue weighted by Crippen LogP contribution is -2.30. The molecule has 0 aromatic rings. The number of aliphatic hydroxyl groups is 1. The molecule has 0 aliphatic rings. The standard InChI is InChI=1S/C84H164O17P2/c1-7-10-12-14-16-18-20-21-22-23-24-25-26-27-32-38-44-50-56-62-68-83(88)100-80(73-95-82(87)67-61-55-49-43-37-31-29-28-30-36-41-47-53-59-65-77(6)9-3)75-99-103(92,93)97-71-78(85)70-96-102(90,91)98-74-79(72-94-81(86)66-60-54-48-42-34-19-17-15-13-11-8-2)101-84(89)69-63-57-51-45-39-33-35-40-46-52-58-64-76(4)5/h76-80,85H,7-75H2,1-6H3,(H,90,91)(H,92,93)/t77?,78-,79+,80+/m0/s1. The lowest BCUT2D eigenvalue weighted by Gasteiger charge is -2.21. The van der Waals surface area contributed by atoms with Crippen molar-refractivity contribution >= 4 is 39.5 Å². The van der Waals surface area contributed by atoms with Crippen molar-refractivity contribution < 1.29 is 80.2 Å². The predicted molar refractivity (Wildman–Crippen MR) is 423 cm³/mol. The number of hydrogen-bond donors (Lipinski definition) is 3. The normalized spacial score (nSPS) is 14.1. The van der Waals surface area contributed by atoms with Gasteiger partial charge in [-0.3, -0.25) is 37.3 Å². The largest absolute Gasteiger partial charge is 0.472 e. The Morgan fingerprint density at radius 3 is 0.738 bits per heavy atom. The van der Waals surface area contributed by atoms with Gasteiger partial charge in [-0.05, 0) is 37.5 Å². The molecule has 0 fully saturated rings. The number of unbranched alkanes of at least 4 members (excludes halogenated alkanes) is 52. The van der Waals surface area contributed by atoms with Crippen LogP contribution in [-0.4, -0.2) is 96.7 Å². The summed E-state index contributed by atoms with van der Waals surface area (Å²) < 4.78 is 68.8. The van der Waals surface area contributed by atoms with E-state index in [0.717, 1.165) is 102 Å². The van der Waals surface area contributed by atoms with Crippen LogP contribution in [0.5, 0.6) is 0 Å². The number of carbonyl (C=O) groups is 4. The van der Waals surface area contributed by atoms with Crippen LogP contribution in [0.25, 0.3) is 0 Å². The summed E-state index contributed by atoms with van der Waals surface area (Å²) in [5, 5.41) is 10.7. The zero-order chi connectivity index (χ0) is 75.6. The van der Waals surface area contributed by atoms with E-state index in [1.54, 1.807) is 0 Å². The molecule has 6 atom stereocenters. The second-order valence-electron chi connectivity index (χ2n) is 30.9. The van der Waals surface area contributed by atoms with Crippen LogP contribution in [0.2, 0.25) is 0 Å². The van der Waals surface area contributed by atoms with Gasteiger partial charge in [-0.2, -0.15) is 0 Å². The van der Waals surface area contributed by atoms with E-state index in [4.69, 9.17) is 37.0 Å². The van der Waals surface area contributed by atoms with Crippen molar-refractivity contribution in [3.63, 3.8) is 0 Å². The third-order valence-corrected chi connectivity index (χ3v) is 22.0. The average molecular weight is 1510 g/mol. The fraction of sp³-hybridized carbons (Fsp3) is 0.952. The molecular formula is C84H164O17P2. The molecule has 103 heavy (non-hydrogen) atoms. The molecule has 0 rings (SSSR count). The molecule has 3 N–H and O–H groups in total. The monoisotopic (exact) mass is 1510 g/mol. The van der Waals surface area contributed by atoms with Crippen LogP contribution in [0.15, 0.2) is 0 Å². The molecule has 19 heteroatoms. The third-order valence-electron chi connectivity index (χ3n) is 20.1. The molecule has 0 saturated heterocycles. The van der Waals surface area contributed by atoms with E-state index in [1.807, 2.05) is 0 Å². The second kappa shape index (κ2) is 75.5. The third kappa shape index (κ3) is 76.6. The summed E-state index contributed by atoms with van der Waals surface area (Å²) in [7, 11) is -9.92. The van der Waals surface area contributed by atoms with Gasteiger partial charge in [0.05, 0.1) is 26.4 Å². The van der Waals surface area contributed by atoms with Crippen LogP contribution in [0, 0.1) is 11.8 Å². The number of hydrogen-bond acceptors (Lipinski definition) is 15. The number of esters is 4. The maximum atomic E-state index is 13.1. The van der Waals surface area contributed by atoms with Gasteiger partial charge >= 0.3 is 39.5 Å². The van der Waals surface area contributed by atoms with Crippen molar-refractivity contribution in [3.05, 3.63) is 0 Å². The minimum absolute atomic E-state index is 0.107. The smallest absolute Gasteiger partial charge is 0.462 e. The van der Waals surface area contributed by atoms with Gasteiger partial charge in [-0.15, -0.1) is 0 Å². The predicted octanol–water partition coefficient (Wildman–Crippen LogP) is 25.5. The van der Waals surface area contributed by atoms with E-state index in [2.05, 4.69) is 41.5 Å². The fourth-order valence-electron chi connectivity index (χ4n) is 13.0. The van der Waals surface area contributed by atoms with Crippen LogP contribution >= 0.6 is 15.6 Å². The molecule has 0 saturated carbocycles. The Kier molecular flexibility index (Phi) is 74.1. The lowest BCUT2D eigenvalue weighted by molar-refractivity contribution is -0.161. The van der Waals surface area contributed by atoms with E-state index < -0.39 is 97.5 Å². The van der Waals surface area contributed by atoms with Gasteiger partial charge < -0.3 is 33.8 Å². The molecule has 0 spiro atoms. The van der Waals surface area contributed by atoms with Crippen molar-refractivity contribution in [2.75, 3.05) is 39.6 Å². The number of phosphoric acid groups is 2. The maximum Gasteiger partial charge on any atom is 0.472 e. The number of carbonyl (C=O) groups excluding carboxylic acids is 4. The van der Waals surface area contributed by atoms with E-state index in [1.165, 1.54) is 263 Å². The summed E-state index contributed by atoms with van der Waals surface area (Å²) in [6.45, 7) is 9.71. The molecular weight excluding hydrogens is 1340 g/mol. The Labute approximate surface area is 632 Å². The maximum absolute atomic E-state index is 13.1. The molecule has 0 amide bonds. The van der Waals surface area contributed by atoms with Gasteiger partial charge in [0.25, 0.3) is 0 Å². The van der Waals surface area contributed by atoms with Gasteiger partial charge in [0.15, 0.2) is 12.2 Å². The SMILES string of the molecule is CCCCCCCCCCCCCCCCCCCCCCC(=O)O[C@H](COC(=O)CCCCCCCCCCCCCCCCC(C)CC)COP(=O)(O)OC[C@@H](O)COP(=O)(O)OC[C@@H](COC(=O)CCCCCCCCCCCCC)OC(=O)CCCCCCCCCCCCCC(C)C. The lowest BCUT2D eigenvalue weighted by atomic mass is 9.99. The van der Waals surface area contributed by atoms with E-state index in [0.29, 0.717) is 25.7 Å². The van der Waals surface area contributed by atoms with Gasteiger partial charge in [0.2, 0.25) is 0 Å². The first-order chi connectivity index (χ1) is 49.9. The highest BCUT2D eigenvalue weighted by molar-refractivity contribution is 7.47. The molecule has 0 aromatic heterocycles. The number of rotatable bonds is 83. The minimum Gasteiger partial charge on any atom is -0.462 e. The molecule has 0 bridgehead atoms. The van der Waals surface area contributed by atoms with E-state index in [-0.39, 0.29) is 25.7 Å². The van der Waals surface area contributed by atoms with Crippen LogP contribution < -0.4 is 0 Å². The second-order valence-corrected chi connectivity index (χ2v) is 33.8. The Morgan fingerprint density at radius 2 is 0.495 bits per heavy atom. The van der Waals surface area contributed by atoms with Crippen molar-refractivity contribution in [1.29, 1.82) is 0 Å². The number of ether oxygens (including phenoxy) is 4. The summed E-state index contributed by atoms with van der Waals surface area (Å²) in [6.07, 6.45) is 66.5. The Hall–Kier alpha value is -1.94. The number of aliphatic hydroxyl groups excluding tert-OH is 1. The minimum atomic E-state index is -4.96. The highest BCUT2D eigenvalue weighted by atomic mass is 31.2. The Morgan fingerprint density at radius 1 is 0.282 bits per heavy atom. The summed E-state index contributed by atoms with van der Waals surface area (Å²) >= 11 is 0.